The van der Waals surface area contributed by atoms with E-state index >= 15 is 0 Å². The number of carbonyl (C=O) groups excluding carboxylic acids is 1. The van der Waals surface area contributed by atoms with Gasteiger partial charge in [-0.25, -0.2) is 14.6 Å². The van der Waals surface area contributed by atoms with Crippen molar-refractivity contribution in [1.82, 2.24) is 14.9 Å². The quantitative estimate of drug-likeness (QED) is 0.624. The van der Waals surface area contributed by atoms with E-state index in [2.05, 4.69) is 15.6 Å². The molecule has 3 rings (SSSR count). The van der Waals surface area contributed by atoms with Crippen LogP contribution in [0.5, 0.6) is 0 Å². The summed E-state index contributed by atoms with van der Waals surface area (Å²) in [4.78, 5) is 27.6. The van der Waals surface area contributed by atoms with Gasteiger partial charge < -0.3 is 15.7 Å². The molecule has 3 N–H and O–H groups in total. The molecular weight excluding hydrogens is 344 g/mol. The van der Waals surface area contributed by atoms with Gasteiger partial charge in [-0.3, -0.25) is 4.57 Å². The van der Waals surface area contributed by atoms with Gasteiger partial charge in [0.25, 0.3) is 0 Å². The molecule has 0 bridgehead atoms. The van der Waals surface area contributed by atoms with Gasteiger partial charge in [-0.2, -0.15) is 0 Å². The zero-order valence-electron chi connectivity index (χ0n) is 14.6. The summed E-state index contributed by atoms with van der Waals surface area (Å²) < 4.78 is 1.49. The van der Waals surface area contributed by atoms with Crippen LogP contribution in [0.3, 0.4) is 0 Å². The average molecular weight is 364 g/mol. The molecule has 3 aromatic rings. The number of urea groups is 1. The minimum absolute atomic E-state index is 0.0742. The Morgan fingerprint density at radius 2 is 1.89 bits per heavy atom. The first-order chi connectivity index (χ1) is 13.2. The van der Waals surface area contributed by atoms with Crippen molar-refractivity contribution in [3.05, 3.63) is 94.2 Å². The molecule has 7 nitrogen and oxygen atoms in total. The van der Waals surface area contributed by atoms with Gasteiger partial charge in [0.1, 0.15) is 0 Å². The molecular formula is C20H20N4O3. The van der Waals surface area contributed by atoms with Crippen molar-refractivity contribution in [1.29, 1.82) is 0 Å². The molecule has 0 saturated heterocycles. The lowest BCUT2D eigenvalue weighted by Gasteiger charge is -2.11. The highest BCUT2D eigenvalue weighted by molar-refractivity contribution is 5.89. The van der Waals surface area contributed by atoms with Crippen molar-refractivity contribution in [2.75, 3.05) is 5.32 Å². The van der Waals surface area contributed by atoms with Crippen LogP contribution in [-0.4, -0.2) is 20.7 Å². The summed E-state index contributed by atoms with van der Waals surface area (Å²) in [6.45, 7) is 0.607. The number of rotatable bonds is 6. The first-order valence-electron chi connectivity index (χ1n) is 8.48. The van der Waals surface area contributed by atoms with Crippen molar-refractivity contribution in [3.8, 4) is 0 Å². The van der Waals surface area contributed by atoms with E-state index in [9.17, 15) is 14.7 Å². The zero-order chi connectivity index (χ0) is 19.1. The largest absolute Gasteiger partial charge is 0.392 e. The van der Waals surface area contributed by atoms with Crippen molar-refractivity contribution in [2.24, 2.45) is 0 Å². The van der Waals surface area contributed by atoms with Gasteiger partial charge in [0, 0.05) is 24.6 Å². The van der Waals surface area contributed by atoms with Crippen molar-refractivity contribution in [3.63, 3.8) is 0 Å². The number of nitrogens with zero attached hydrogens (tertiary/aromatic N) is 2. The standard InChI is InChI=1S/C20H20N4O3/c25-14-17-7-2-1-6-16(17)12-22-19(26)23-18-8-3-5-15(11-18)13-24-10-4-9-21-20(24)27/h1-11,25H,12-14H2,(H2,22,23,26). The van der Waals surface area contributed by atoms with Gasteiger partial charge >= 0.3 is 11.7 Å². The minimum Gasteiger partial charge on any atom is -0.392 e. The average Bonchev–Trinajstić information content (AvgIpc) is 2.69. The maximum atomic E-state index is 12.2. The highest BCUT2D eigenvalue weighted by Crippen LogP contribution is 2.12. The monoisotopic (exact) mass is 364 g/mol. The first-order valence-corrected chi connectivity index (χ1v) is 8.48. The number of carbonyl (C=O) groups is 1. The molecule has 0 radical (unpaired) electrons. The third kappa shape index (κ3) is 5.02. The van der Waals surface area contributed by atoms with E-state index < -0.39 is 0 Å². The lowest BCUT2D eigenvalue weighted by Crippen LogP contribution is -2.28. The molecule has 0 aliphatic rings. The number of aliphatic hydroxyl groups excluding tert-OH is 1. The molecule has 27 heavy (non-hydrogen) atoms. The van der Waals surface area contributed by atoms with Gasteiger partial charge in [0.15, 0.2) is 0 Å². The van der Waals surface area contributed by atoms with Gasteiger partial charge in [-0.1, -0.05) is 36.4 Å². The second-order valence-electron chi connectivity index (χ2n) is 5.97. The number of hydrogen-bond acceptors (Lipinski definition) is 4. The normalized spacial score (nSPS) is 10.4. The van der Waals surface area contributed by atoms with Gasteiger partial charge in [-0.05, 0) is 34.9 Å². The summed E-state index contributed by atoms with van der Waals surface area (Å²) in [7, 11) is 0. The summed E-state index contributed by atoms with van der Waals surface area (Å²) in [5, 5.41) is 14.9. The Labute approximate surface area is 156 Å². The lowest BCUT2D eigenvalue weighted by molar-refractivity contribution is 0.251. The van der Waals surface area contributed by atoms with Crippen molar-refractivity contribution < 1.29 is 9.90 Å². The van der Waals surface area contributed by atoms with E-state index in [1.807, 2.05) is 36.4 Å². The predicted octanol–water partition coefficient (Wildman–Crippen LogP) is 2.11. The Kier molecular flexibility index (Phi) is 5.96. The van der Waals surface area contributed by atoms with Crippen LogP contribution in [0.4, 0.5) is 10.5 Å². The van der Waals surface area contributed by atoms with Crippen molar-refractivity contribution in [2.45, 2.75) is 19.7 Å². The van der Waals surface area contributed by atoms with Gasteiger partial charge in [-0.15, -0.1) is 0 Å². The van der Waals surface area contributed by atoms with Gasteiger partial charge in [0.05, 0.1) is 13.2 Å². The van der Waals surface area contributed by atoms with Crippen LogP contribution in [0.2, 0.25) is 0 Å². The maximum absolute atomic E-state index is 12.2. The topological polar surface area (TPSA) is 96.2 Å². The summed E-state index contributed by atoms with van der Waals surface area (Å²) in [5.41, 5.74) is 2.81. The fraction of sp³-hybridized carbons (Fsp3) is 0.150. The zero-order valence-corrected chi connectivity index (χ0v) is 14.6. The van der Waals surface area contributed by atoms with E-state index in [1.165, 1.54) is 10.8 Å². The number of benzene rings is 2. The molecule has 0 aliphatic heterocycles. The van der Waals surface area contributed by atoms with Crippen LogP contribution in [0.25, 0.3) is 0 Å². The molecule has 1 heterocycles. The Morgan fingerprint density at radius 3 is 2.67 bits per heavy atom. The molecule has 1 aromatic heterocycles. The van der Waals surface area contributed by atoms with E-state index in [4.69, 9.17) is 0 Å². The third-order valence-electron chi connectivity index (χ3n) is 4.05. The fourth-order valence-electron chi connectivity index (χ4n) is 2.69. The van der Waals surface area contributed by atoms with E-state index in [0.717, 1.165) is 16.7 Å². The maximum Gasteiger partial charge on any atom is 0.347 e. The summed E-state index contributed by atoms with van der Waals surface area (Å²) in [6, 6.07) is 16.0. The SMILES string of the molecule is O=C(NCc1ccccc1CO)Nc1cccc(Cn2cccnc2=O)c1. The van der Waals surface area contributed by atoms with Crippen LogP contribution in [0.15, 0.2) is 71.8 Å². The molecule has 2 amide bonds. The fourth-order valence-corrected chi connectivity index (χ4v) is 2.69. The number of hydrogen-bond donors (Lipinski definition) is 3. The second kappa shape index (κ2) is 8.77. The van der Waals surface area contributed by atoms with Crippen LogP contribution < -0.4 is 16.3 Å². The Morgan fingerprint density at radius 1 is 1.07 bits per heavy atom. The highest BCUT2D eigenvalue weighted by Gasteiger charge is 2.06. The molecule has 0 fully saturated rings. The smallest absolute Gasteiger partial charge is 0.347 e. The molecule has 0 spiro atoms. The van der Waals surface area contributed by atoms with Gasteiger partial charge in [0.2, 0.25) is 0 Å². The molecule has 7 heteroatoms. The number of aromatic nitrogens is 2. The summed E-state index contributed by atoms with van der Waals surface area (Å²) >= 11 is 0. The molecule has 0 unspecified atom stereocenters. The molecule has 0 atom stereocenters. The number of amides is 2. The molecule has 0 aliphatic carbocycles. The Balaban J connectivity index is 1.61. The molecule has 0 saturated carbocycles. The number of aliphatic hydroxyl groups is 1. The summed E-state index contributed by atoms with van der Waals surface area (Å²) in [5.74, 6) is 0. The van der Waals surface area contributed by atoms with E-state index in [1.54, 1.807) is 24.4 Å². The first kappa shape index (κ1) is 18.3. The Hall–Kier alpha value is -3.45. The van der Waals surface area contributed by atoms with Crippen molar-refractivity contribution >= 4 is 11.7 Å². The van der Waals surface area contributed by atoms with Crippen LogP contribution >= 0.6 is 0 Å². The highest BCUT2D eigenvalue weighted by atomic mass is 16.3. The second-order valence-corrected chi connectivity index (χ2v) is 5.97. The van der Waals surface area contributed by atoms with Crippen LogP contribution in [0.1, 0.15) is 16.7 Å². The third-order valence-corrected chi connectivity index (χ3v) is 4.05. The van der Waals surface area contributed by atoms with Crippen LogP contribution in [0, 0.1) is 0 Å². The minimum atomic E-state index is -0.349. The molecule has 2 aromatic carbocycles. The Bertz CT molecular complexity index is 984. The van der Waals surface area contributed by atoms with E-state index in [0.29, 0.717) is 18.8 Å². The predicted molar refractivity (Wildman–Crippen MR) is 102 cm³/mol. The molecule has 138 valence electrons. The van der Waals surface area contributed by atoms with Crippen LogP contribution in [-0.2, 0) is 19.7 Å². The van der Waals surface area contributed by atoms with E-state index in [-0.39, 0.29) is 18.3 Å². The summed E-state index contributed by atoms with van der Waals surface area (Å²) in [6.07, 6.45) is 3.12. The number of nitrogens with one attached hydrogen (secondary N) is 2. The lowest BCUT2D eigenvalue weighted by atomic mass is 10.1. The number of anilines is 1.